The molecule has 7 heteroatoms. The molecule has 7 nitrogen and oxygen atoms in total. The molecule has 32 heavy (non-hydrogen) atoms. The summed E-state index contributed by atoms with van der Waals surface area (Å²) in [5, 5.41) is 19.0. The van der Waals surface area contributed by atoms with Gasteiger partial charge in [0.1, 0.15) is 17.2 Å². The van der Waals surface area contributed by atoms with Crippen LogP contribution in [0.4, 0.5) is 5.69 Å². The molecule has 0 saturated carbocycles. The molecule has 0 aliphatic rings. The lowest BCUT2D eigenvalue weighted by molar-refractivity contribution is -0.384. The van der Waals surface area contributed by atoms with Gasteiger partial charge in [0.2, 0.25) is 5.78 Å². The van der Waals surface area contributed by atoms with Gasteiger partial charge in [-0.15, -0.1) is 5.10 Å². The van der Waals surface area contributed by atoms with Crippen molar-refractivity contribution < 1.29 is 14.1 Å². The predicted octanol–water partition coefficient (Wildman–Crippen LogP) is 5.56. The first kappa shape index (κ1) is 20.6. The summed E-state index contributed by atoms with van der Waals surface area (Å²) in [4.78, 5) is 23.3. The summed E-state index contributed by atoms with van der Waals surface area (Å²) in [6.07, 6.45) is 1.41. The first-order valence-corrected chi connectivity index (χ1v) is 9.73. The van der Waals surface area contributed by atoms with Crippen molar-refractivity contribution in [3.05, 3.63) is 124 Å². The molecule has 0 amide bonds. The Morgan fingerprint density at radius 2 is 1.44 bits per heavy atom. The van der Waals surface area contributed by atoms with Crippen LogP contribution >= 0.6 is 0 Å². The number of hydrogen-bond acceptors (Lipinski definition) is 6. The number of rotatable bonds is 7. The summed E-state index contributed by atoms with van der Waals surface area (Å²) in [5.74, 6) is 0.732. The van der Waals surface area contributed by atoms with Crippen molar-refractivity contribution in [2.24, 2.45) is 10.2 Å². The van der Waals surface area contributed by atoms with E-state index in [4.69, 9.17) is 4.42 Å². The monoisotopic (exact) mass is 423 g/mol. The molecule has 4 rings (SSSR count). The lowest BCUT2D eigenvalue weighted by Crippen LogP contribution is -2.15. The van der Waals surface area contributed by atoms with Gasteiger partial charge in [0.15, 0.2) is 0 Å². The normalized spacial score (nSPS) is 11.6. The van der Waals surface area contributed by atoms with Gasteiger partial charge in [-0.25, -0.2) is 0 Å². The molecule has 0 aliphatic heterocycles. The van der Waals surface area contributed by atoms with Crippen LogP contribution in [0, 0.1) is 10.1 Å². The van der Waals surface area contributed by atoms with E-state index >= 15 is 0 Å². The van der Waals surface area contributed by atoms with Crippen LogP contribution < -0.4 is 0 Å². The first-order valence-electron chi connectivity index (χ1n) is 9.73. The smallest absolute Gasteiger partial charge is 0.269 e. The molecule has 3 aromatic carbocycles. The molecule has 0 spiro atoms. The van der Waals surface area contributed by atoms with Crippen molar-refractivity contribution in [2.45, 2.75) is 0 Å². The first-order chi connectivity index (χ1) is 15.6. The molecule has 0 aliphatic carbocycles. The molecule has 0 fully saturated rings. The Morgan fingerprint density at radius 1 is 0.812 bits per heavy atom. The number of carbonyl (C=O) groups is 1. The van der Waals surface area contributed by atoms with Crippen molar-refractivity contribution in [1.82, 2.24) is 0 Å². The van der Waals surface area contributed by atoms with Crippen molar-refractivity contribution in [1.29, 1.82) is 0 Å². The van der Waals surface area contributed by atoms with Gasteiger partial charge in [-0.1, -0.05) is 60.7 Å². The number of non-ortho nitro benzene ring substituents is 1. The van der Waals surface area contributed by atoms with E-state index in [1.165, 1.54) is 18.3 Å². The summed E-state index contributed by atoms with van der Waals surface area (Å²) in [6, 6.07) is 27.5. The van der Waals surface area contributed by atoms with Gasteiger partial charge in [-0.05, 0) is 24.3 Å². The molecule has 1 heterocycles. The zero-order valence-electron chi connectivity index (χ0n) is 16.8. The Bertz CT molecular complexity index is 1290. The van der Waals surface area contributed by atoms with E-state index in [9.17, 15) is 14.9 Å². The van der Waals surface area contributed by atoms with E-state index in [2.05, 4.69) is 10.2 Å². The molecule has 0 atom stereocenters. The van der Waals surface area contributed by atoms with E-state index in [1.54, 1.807) is 60.7 Å². The highest BCUT2D eigenvalue weighted by atomic mass is 16.6. The molecular weight excluding hydrogens is 406 g/mol. The van der Waals surface area contributed by atoms with E-state index in [1.807, 2.05) is 24.3 Å². The second-order valence-electron chi connectivity index (χ2n) is 6.76. The molecular formula is C25H17N3O4. The number of nitro benzene ring substituents is 1. The van der Waals surface area contributed by atoms with Crippen LogP contribution in [-0.4, -0.2) is 22.6 Å². The molecule has 156 valence electrons. The second-order valence-corrected chi connectivity index (χ2v) is 6.76. The number of carbonyl (C=O) groups excluding carboxylic acids is 1. The fourth-order valence-corrected chi connectivity index (χ4v) is 3.02. The number of furan rings is 1. The predicted molar refractivity (Wildman–Crippen MR) is 122 cm³/mol. The molecule has 0 saturated heterocycles. The average Bonchev–Trinajstić information content (AvgIpc) is 3.31. The van der Waals surface area contributed by atoms with Crippen molar-refractivity contribution in [2.75, 3.05) is 0 Å². The van der Waals surface area contributed by atoms with Gasteiger partial charge in [0.05, 0.1) is 11.1 Å². The number of nitrogens with zero attached hydrogens (tertiary/aromatic N) is 3. The van der Waals surface area contributed by atoms with Gasteiger partial charge >= 0.3 is 0 Å². The number of ketones is 1. The minimum Gasteiger partial charge on any atom is -0.455 e. The van der Waals surface area contributed by atoms with Gasteiger partial charge in [0, 0.05) is 28.8 Å². The zero-order chi connectivity index (χ0) is 22.3. The molecule has 0 unspecified atom stereocenters. The number of Topliss-reactive ketones (excluding diaryl/α,β-unsaturated/α-hetero) is 1. The van der Waals surface area contributed by atoms with Gasteiger partial charge in [-0.3, -0.25) is 14.9 Å². The quantitative estimate of drug-likeness (QED) is 0.168. The third kappa shape index (κ3) is 4.73. The van der Waals surface area contributed by atoms with Crippen LogP contribution in [0.25, 0.3) is 11.3 Å². The van der Waals surface area contributed by atoms with Crippen molar-refractivity contribution in [3.8, 4) is 11.3 Å². The van der Waals surface area contributed by atoms with Gasteiger partial charge in [-0.2, -0.15) is 5.10 Å². The summed E-state index contributed by atoms with van der Waals surface area (Å²) < 4.78 is 5.73. The fourth-order valence-electron chi connectivity index (χ4n) is 3.02. The highest BCUT2D eigenvalue weighted by molar-refractivity contribution is 6.51. The fraction of sp³-hybridized carbons (Fsp3) is 0. The lowest BCUT2D eigenvalue weighted by atomic mass is 10.0. The topological polar surface area (TPSA) is 98.1 Å². The third-order valence-electron chi connectivity index (χ3n) is 4.63. The maximum absolute atomic E-state index is 13.0. The molecule has 4 aromatic rings. The largest absolute Gasteiger partial charge is 0.455 e. The number of hydrogen-bond donors (Lipinski definition) is 0. The van der Waals surface area contributed by atoms with E-state index < -0.39 is 4.92 Å². The Kier molecular flexibility index (Phi) is 6.08. The van der Waals surface area contributed by atoms with Crippen LogP contribution in [0.3, 0.4) is 0 Å². The van der Waals surface area contributed by atoms with E-state index in [-0.39, 0.29) is 17.2 Å². The maximum atomic E-state index is 13.0. The third-order valence-corrected chi connectivity index (χ3v) is 4.63. The van der Waals surface area contributed by atoms with E-state index in [0.29, 0.717) is 28.2 Å². The lowest BCUT2D eigenvalue weighted by Gasteiger charge is -2.04. The minimum atomic E-state index is -0.455. The van der Waals surface area contributed by atoms with Crippen molar-refractivity contribution >= 4 is 23.4 Å². The highest BCUT2D eigenvalue weighted by Crippen LogP contribution is 2.24. The summed E-state index contributed by atoms with van der Waals surface area (Å²) in [5.41, 5.74) is 2.10. The molecule has 0 radical (unpaired) electrons. The van der Waals surface area contributed by atoms with Crippen LogP contribution in [0.1, 0.15) is 21.7 Å². The number of benzene rings is 3. The second kappa shape index (κ2) is 9.44. The standard InChI is InChI=1S/C25H17N3O4/c29-25(20-9-5-2-6-10-20)24(19-7-3-1-4-8-19)27-26-17-22-15-16-23(32-22)18-11-13-21(14-12-18)28(30)31/h1-17H. The van der Waals surface area contributed by atoms with Gasteiger partial charge < -0.3 is 4.42 Å². The van der Waals surface area contributed by atoms with Crippen LogP contribution in [0.15, 0.2) is 112 Å². The van der Waals surface area contributed by atoms with Crippen LogP contribution in [0.2, 0.25) is 0 Å². The van der Waals surface area contributed by atoms with E-state index in [0.717, 1.165) is 0 Å². The Morgan fingerprint density at radius 3 is 2.06 bits per heavy atom. The number of nitro groups is 1. The minimum absolute atomic E-state index is 0.00736. The maximum Gasteiger partial charge on any atom is 0.269 e. The van der Waals surface area contributed by atoms with Crippen molar-refractivity contribution in [3.63, 3.8) is 0 Å². The zero-order valence-corrected chi connectivity index (χ0v) is 16.8. The Labute approximate surface area is 183 Å². The molecule has 0 N–H and O–H groups in total. The van der Waals surface area contributed by atoms with Gasteiger partial charge in [0.25, 0.3) is 5.69 Å². The summed E-state index contributed by atoms with van der Waals surface area (Å²) in [7, 11) is 0. The Hall–Kier alpha value is -4.65. The van der Waals surface area contributed by atoms with Crippen LogP contribution in [0.5, 0.6) is 0 Å². The summed E-state index contributed by atoms with van der Waals surface area (Å²) >= 11 is 0. The molecule has 0 bridgehead atoms. The summed E-state index contributed by atoms with van der Waals surface area (Å²) in [6.45, 7) is 0. The SMILES string of the molecule is O=C(C(=NN=Cc1ccc(-c2ccc([N+](=O)[O-])cc2)o1)c1ccccc1)c1ccccc1. The molecule has 1 aromatic heterocycles. The van der Waals surface area contributed by atoms with Crippen LogP contribution in [-0.2, 0) is 0 Å². The Balaban J connectivity index is 1.58. The highest BCUT2D eigenvalue weighted by Gasteiger charge is 2.16. The average molecular weight is 423 g/mol.